The topological polar surface area (TPSA) is 92.7 Å². The first-order valence-corrected chi connectivity index (χ1v) is 19.7. The second-order valence-electron chi connectivity index (χ2n) is 19.9. The van der Waals surface area contributed by atoms with E-state index in [1.807, 2.05) is 13.8 Å². The highest BCUT2D eigenvalue weighted by molar-refractivity contribution is 5.77. The van der Waals surface area contributed by atoms with Gasteiger partial charge in [0.1, 0.15) is 6.10 Å². The fourth-order valence-electron chi connectivity index (χ4n) is 14.1. The number of fused-ring (bicyclic) bond motifs is 7. The molecule has 2 N–H and O–H groups in total. The highest BCUT2D eigenvalue weighted by atomic mass is 16.5. The number of esters is 1. The molecule has 1 amide bonds. The first kappa shape index (κ1) is 35.2. The van der Waals surface area contributed by atoms with Gasteiger partial charge in [0.05, 0.1) is 12.8 Å². The number of nitrogens with one attached hydrogen (secondary N) is 1. The lowest BCUT2D eigenvalue weighted by molar-refractivity contribution is -0.248. The number of carboxylic acid groups (broad SMARTS) is 1. The molecular formula is C41H67NO5. The van der Waals surface area contributed by atoms with Crippen molar-refractivity contribution in [1.29, 1.82) is 0 Å². The van der Waals surface area contributed by atoms with Crippen LogP contribution in [0.3, 0.4) is 0 Å². The van der Waals surface area contributed by atoms with Gasteiger partial charge in [0, 0.05) is 17.9 Å². The fraction of sp³-hybridized carbons (Fsp3) is 0.927. The molecule has 0 aliphatic heterocycles. The predicted octanol–water partition coefficient (Wildman–Crippen LogP) is 9.48. The monoisotopic (exact) mass is 654 g/mol. The Balaban J connectivity index is 1.17. The first-order valence-electron chi connectivity index (χ1n) is 19.7. The van der Waals surface area contributed by atoms with Crippen LogP contribution in [0, 0.1) is 56.2 Å². The first-order chi connectivity index (χ1) is 22.0. The Bertz CT molecular complexity index is 1220. The molecule has 0 bridgehead atoms. The van der Waals surface area contributed by atoms with Crippen LogP contribution in [-0.4, -0.2) is 35.1 Å². The van der Waals surface area contributed by atoms with Gasteiger partial charge >= 0.3 is 11.9 Å². The van der Waals surface area contributed by atoms with Gasteiger partial charge in [0.2, 0.25) is 5.91 Å². The number of carboxylic acids is 1. The van der Waals surface area contributed by atoms with Crippen molar-refractivity contribution in [2.24, 2.45) is 56.2 Å². The molecule has 0 aromatic rings. The Morgan fingerprint density at radius 1 is 0.723 bits per heavy atom. The van der Waals surface area contributed by atoms with Crippen molar-refractivity contribution in [2.45, 2.75) is 183 Å². The number of aliphatic carboxylic acids is 1. The molecule has 6 aliphatic rings. The van der Waals surface area contributed by atoms with Gasteiger partial charge in [-0.2, -0.15) is 0 Å². The maximum Gasteiger partial charge on any atom is 0.306 e. The molecule has 0 heterocycles. The second kappa shape index (κ2) is 12.3. The number of ether oxygens (including phenoxy) is 1. The number of carbonyl (C=O) groups excluding carboxylic acids is 2. The van der Waals surface area contributed by atoms with E-state index in [9.17, 15) is 19.5 Å². The van der Waals surface area contributed by atoms with Crippen LogP contribution in [0.2, 0.25) is 0 Å². The minimum atomic E-state index is -0.873. The molecule has 6 saturated carbocycles. The summed E-state index contributed by atoms with van der Waals surface area (Å²) in [5, 5.41) is 12.8. The summed E-state index contributed by atoms with van der Waals surface area (Å²) in [5.41, 5.74) is 0.243. The molecule has 0 aromatic carbocycles. The molecule has 0 saturated heterocycles. The summed E-state index contributed by atoms with van der Waals surface area (Å²) < 4.78 is 6.26. The van der Waals surface area contributed by atoms with Crippen LogP contribution in [0.1, 0.15) is 170 Å². The normalized spacial score (nSPS) is 43.1. The van der Waals surface area contributed by atoms with E-state index < -0.39 is 11.4 Å². The Hall–Kier alpha value is -1.59. The van der Waals surface area contributed by atoms with Crippen molar-refractivity contribution in [2.75, 3.05) is 0 Å². The molecule has 6 fully saturated rings. The Morgan fingerprint density at radius 2 is 1.45 bits per heavy atom. The highest BCUT2D eigenvalue weighted by Gasteiger charge is 2.70. The average Bonchev–Trinajstić information content (AvgIpc) is 3.38. The summed E-state index contributed by atoms with van der Waals surface area (Å²) in [7, 11) is 0. The van der Waals surface area contributed by atoms with Crippen molar-refractivity contribution in [3.05, 3.63) is 0 Å². The molecule has 6 nitrogen and oxygen atoms in total. The van der Waals surface area contributed by atoms with E-state index in [4.69, 9.17) is 4.74 Å². The molecule has 6 heteroatoms. The van der Waals surface area contributed by atoms with Crippen molar-refractivity contribution < 1.29 is 24.2 Å². The van der Waals surface area contributed by atoms with Gasteiger partial charge in [0.25, 0.3) is 0 Å². The summed E-state index contributed by atoms with van der Waals surface area (Å²) >= 11 is 0. The van der Waals surface area contributed by atoms with Gasteiger partial charge < -0.3 is 15.2 Å². The minimum absolute atomic E-state index is 0.0352. The van der Waals surface area contributed by atoms with Gasteiger partial charge in [-0.25, -0.2) is 0 Å². The summed E-state index contributed by atoms with van der Waals surface area (Å²) in [6.45, 7) is 16.3. The number of rotatable bonds is 8. The van der Waals surface area contributed by atoms with Crippen LogP contribution >= 0.6 is 0 Å². The molecule has 0 spiro atoms. The number of hydrogen-bond donors (Lipinski definition) is 2. The van der Waals surface area contributed by atoms with Gasteiger partial charge in [-0.1, -0.05) is 74.1 Å². The van der Waals surface area contributed by atoms with Crippen molar-refractivity contribution in [3.8, 4) is 0 Å². The molecule has 0 radical (unpaired) electrons. The highest BCUT2D eigenvalue weighted by Crippen LogP contribution is 2.77. The Labute approximate surface area is 285 Å². The van der Waals surface area contributed by atoms with Crippen LogP contribution < -0.4 is 5.32 Å². The third-order valence-electron chi connectivity index (χ3n) is 16.5. The van der Waals surface area contributed by atoms with E-state index in [1.54, 1.807) is 0 Å². The quantitative estimate of drug-likeness (QED) is 0.255. The SMILES string of the molecule is CC(C)(CC(=O)O)CC(=O)O[C@H]1CC[C@@]2(C)C(CC[C@]3(C)C2CC[C@@H]2[C@H]4CCC[C@]4(CC(=O)NC4CCCCC4)CC[C@]23C)C1(C)C. The summed E-state index contributed by atoms with van der Waals surface area (Å²) in [5.74, 6) is 1.75. The molecule has 6 rings (SSSR count). The maximum atomic E-state index is 13.5. The third kappa shape index (κ3) is 6.00. The van der Waals surface area contributed by atoms with Crippen LogP contribution in [-0.2, 0) is 19.1 Å². The van der Waals surface area contributed by atoms with E-state index in [0.29, 0.717) is 41.0 Å². The standard InChI is InChI=1S/C41H67NO5/c1-36(2,25-34(44)45)26-35(46)47-32-18-20-38(5)30(37(32,3)4)17-21-40(7)31(38)16-15-28-29-14-11-19-41(29,23-22-39(28,40)6)24-33(43)42-27-12-9-8-10-13-27/h27-32H,8-26H2,1-7H3,(H,42,43)(H,44,45)/t28-,29-,30?,31?,32+,38+,39-,40-,41-/m1/s1. The second-order valence-corrected chi connectivity index (χ2v) is 19.9. The molecule has 0 aromatic heterocycles. The smallest absolute Gasteiger partial charge is 0.306 e. The van der Waals surface area contributed by atoms with Crippen LogP contribution in [0.5, 0.6) is 0 Å². The molecular weight excluding hydrogens is 586 g/mol. The van der Waals surface area contributed by atoms with E-state index in [-0.39, 0.29) is 46.6 Å². The minimum Gasteiger partial charge on any atom is -0.481 e. The number of amides is 1. The van der Waals surface area contributed by atoms with Crippen LogP contribution in [0.4, 0.5) is 0 Å². The lowest BCUT2D eigenvalue weighted by Crippen LogP contribution is -2.66. The Morgan fingerprint density at radius 3 is 2.15 bits per heavy atom. The zero-order chi connectivity index (χ0) is 34.0. The maximum absolute atomic E-state index is 13.5. The molecule has 9 atom stereocenters. The van der Waals surface area contributed by atoms with Gasteiger partial charge in [-0.3, -0.25) is 14.4 Å². The van der Waals surface area contributed by atoms with Crippen LogP contribution in [0.15, 0.2) is 0 Å². The van der Waals surface area contributed by atoms with Gasteiger partial charge in [-0.15, -0.1) is 0 Å². The zero-order valence-electron chi connectivity index (χ0n) is 31.0. The Kier molecular flexibility index (Phi) is 9.24. The van der Waals surface area contributed by atoms with Gasteiger partial charge in [-0.05, 0) is 128 Å². The van der Waals surface area contributed by atoms with Crippen molar-refractivity contribution in [3.63, 3.8) is 0 Å². The number of carbonyl (C=O) groups is 3. The molecule has 266 valence electrons. The third-order valence-corrected chi connectivity index (χ3v) is 16.5. The molecule has 47 heavy (non-hydrogen) atoms. The lowest BCUT2D eigenvalue weighted by atomic mass is 9.32. The summed E-state index contributed by atoms with van der Waals surface area (Å²) in [6.07, 6.45) is 20.2. The predicted molar refractivity (Wildman–Crippen MR) is 185 cm³/mol. The van der Waals surface area contributed by atoms with E-state index in [1.165, 1.54) is 77.0 Å². The summed E-state index contributed by atoms with van der Waals surface area (Å²) in [6, 6.07) is 0.401. The summed E-state index contributed by atoms with van der Waals surface area (Å²) in [4.78, 5) is 38.0. The molecule has 6 aliphatic carbocycles. The van der Waals surface area contributed by atoms with Gasteiger partial charge in [0.15, 0.2) is 0 Å². The van der Waals surface area contributed by atoms with E-state index in [2.05, 4.69) is 39.9 Å². The molecule has 2 unspecified atom stereocenters. The lowest BCUT2D eigenvalue weighted by Gasteiger charge is -2.72. The fourth-order valence-corrected chi connectivity index (χ4v) is 14.1. The van der Waals surface area contributed by atoms with Crippen LogP contribution in [0.25, 0.3) is 0 Å². The zero-order valence-corrected chi connectivity index (χ0v) is 31.0. The van der Waals surface area contributed by atoms with E-state index >= 15 is 0 Å². The van der Waals surface area contributed by atoms with Crippen molar-refractivity contribution in [1.82, 2.24) is 5.32 Å². The average molecular weight is 654 g/mol. The van der Waals surface area contributed by atoms with Crippen molar-refractivity contribution >= 4 is 17.8 Å². The largest absolute Gasteiger partial charge is 0.481 e. The van der Waals surface area contributed by atoms with E-state index in [0.717, 1.165) is 32.1 Å². The number of hydrogen-bond acceptors (Lipinski definition) is 4.